The second kappa shape index (κ2) is 4.51. The summed E-state index contributed by atoms with van der Waals surface area (Å²) in [5.41, 5.74) is 5.37. The van der Waals surface area contributed by atoms with Crippen LogP contribution in [-0.2, 0) is 4.79 Å². The largest absolute Gasteiger partial charge is 0.481 e. The predicted molar refractivity (Wildman–Crippen MR) is 57.1 cm³/mol. The summed E-state index contributed by atoms with van der Waals surface area (Å²) in [5, 5.41) is 38.1. The summed E-state index contributed by atoms with van der Waals surface area (Å²) >= 11 is 0. The van der Waals surface area contributed by atoms with Gasteiger partial charge in [0.1, 0.15) is 12.0 Å². The van der Waals surface area contributed by atoms with Crippen molar-refractivity contribution >= 4 is 5.97 Å². The lowest BCUT2D eigenvalue weighted by Gasteiger charge is -2.30. The van der Waals surface area contributed by atoms with Crippen LogP contribution >= 0.6 is 0 Å². The normalized spacial score (nSPS) is 48.6. The molecular weight excluding hydrogens is 228 g/mol. The fourth-order valence-electron chi connectivity index (χ4n) is 2.82. The molecule has 1 unspecified atom stereocenters. The van der Waals surface area contributed by atoms with E-state index in [0.717, 1.165) is 0 Å². The van der Waals surface area contributed by atoms with Crippen LogP contribution in [0.5, 0.6) is 0 Å². The van der Waals surface area contributed by atoms with Crippen LogP contribution in [-0.4, -0.2) is 74.8 Å². The van der Waals surface area contributed by atoms with Gasteiger partial charge in [-0.05, 0) is 13.0 Å². The molecule has 2 fully saturated rings. The monoisotopic (exact) mass is 246 g/mol. The van der Waals surface area contributed by atoms with Crippen molar-refractivity contribution in [2.75, 3.05) is 13.1 Å². The van der Waals surface area contributed by atoms with Crippen LogP contribution in [0.4, 0.5) is 0 Å². The van der Waals surface area contributed by atoms with E-state index in [0.29, 0.717) is 19.5 Å². The van der Waals surface area contributed by atoms with E-state index < -0.39 is 36.2 Å². The van der Waals surface area contributed by atoms with Crippen molar-refractivity contribution in [3.8, 4) is 0 Å². The average molecular weight is 246 g/mol. The summed E-state index contributed by atoms with van der Waals surface area (Å²) in [5.74, 6) is -2.19. The van der Waals surface area contributed by atoms with Crippen LogP contribution in [0.3, 0.4) is 0 Å². The van der Waals surface area contributed by atoms with Gasteiger partial charge in [0.2, 0.25) is 0 Å². The maximum Gasteiger partial charge on any atom is 0.310 e. The van der Waals surface area contributed by atoms with Crippen LogP contribution in [0.1, 0.15) is 6.42 Å². The third kappa shape index (κ3) is 1.94. The summed E-state index contributed by atoms with van der Waals surface area (Å²) in [6.45, 7) is 1.06. The summed E-state index contributed by atoms with van der Waals surface area (Å²) in [6, 6.07) is -0.770. The van der Waals surface area contributed by atoms with E-state index in [1.165, 1.54) is 0 Å². The van der Waals surface area contributed by atoms with Crippen LogP contribution in [0.2, 0.25) is 0 Å². The Bertz CT molecular complexity index is 313. The lowest BCUT2D eigenvalue weighted by molar-refractivity contribution is -0.156. The van der Waals surface area contributed by atoms with Gasteiger partial charge in [-0.25, -0.2) is 0 Å². The van der Waals surface area contributed by atoms with Gasteiger partial charge < -0.3 is 26.2 Å². The molecule has 0 aromatic carbocycles. The molecule has 2 rings (SSSR count). The summed E-state index contributed by atoms with van der Waals surface area (Å²) < 4.78 is 0. The standard InChI is InChI=1S/C10H18N2O5/c11-2-1-3-12-5-4(10(16)17)7(13)9(15)8(14)6(5)12/h4-9,13-15H,1-3,11H2,(H,16,17)/t4-,5+,6+,7+,8-,9-,12?/m0/s1. The van der Waals surface area contributed by atoms with Crippen molar-refractivity contribution < 1.29 is 25.2 Å². The molecule has 1 saturated heterocycles. The zero-order chi connectivity index (χ0) is 12.7. The highest BCUT2D eigenvalue weighted by Gasteiger charge is 2.65. The average Bonchev–Trinajstić information content (AvgIpc) is 2.97. The van der Waals surface area contributed by atoms with E-state index in [1.807, 2.05) is 0 Å². The first kappa shape index (κ1) is 12.7. The molecule has 0 radical (unpaired) electrons. The number of carboxylic acids is 1. The molecule has 0 spiro atoms. The van der Waals surface area contributed by atoms with Crippen LogP contribution in [0.25, 0.3) is 0 Å². The number of likely N-dealkylation sites (tertiary alicyclic amines) is 1. The van der Waals surface area contributed by atoms with E-state index in [-0.39, 0.29) is 6.04 Å². The molecule has 0 aromatic heterocycles. The van der Waals surface area contributed by atoms with Gasteiger partial charge in [0, 0.05) is 12.6 Å². The SMILES string of the molecule is NCCCN1[C@@H]2[C@H](C(=O)O)[C@@H](O)[C@H](O)[C@@H](O)[C@@H]21. The fourth-order valence-corrected chi connectivity index (χ4v) is 2.82. The predicted octanol–water partition coefficient (Wildman–Crippen LogP) is -2.81. The van der Waals surface area contributed by atoms with Gasteiger partial charge in [0.25, 0.3) is 0 Å². The molecule has 0 amide bonds. The molecule has 2 aliphatic rings. The molecule has 1 aliphatic heterocycles. The third-order valence-corrected chi connectivity index (χ3v) is 3.72. The van der Waals surface area contributed by atoms with Gasteiger partial charge in [-0.3, -0.25) is 9.69 Å². The quantitative estimate of drug-likeness (QED) is 0.339. The Kier molecular flexibility index (Phi) is 3.37. The number of aliphatic hydroxyl groups is 3. The molecular formula is C10H18N2O5. The summed E-state index contributed by atoms with van der Waals surface area (Å²) in [7, 11) is 0. The van der Waals surface area contributed by atoms with E-state index in [9.17, 15) is 20.1 Å². The molecule has 1 saturated carbocycles. The van der Waals surface area contributed by atoms with Crippen molar-refractivity contribution in [3.05, 3.63) is 0 Å². The van der Waals surface area contributed by atoms with Crippen molar-refractivity contribution in [2.45, 2.75) is 36.8 Å². The second-order valence-electron chi connectivity index (χ2n) is 4.70. The zero-order valence-corrected chi connectivity index (χ0v) is 9.31. The number of hydrogen-bond acceptors (Lipinski definition) is 6. The highest BCUT2D eigenvalue weighted by atomic mass is 16.4. The number of aliphatic hydroxyl groups excluding tert-OH is 3. The molecule has 17 heavy (non-hydrogen) atoms. The molecule has 7 nitrogen and oxygen atoms in total. The van der Waals surface area contributed by atoms with Crippen LogP contribution in [0, 0.1) is 5.92 Å². The molecule has 1 aliphatic carbocycles. The molecule has 1 heterocycles. The second-order valence-corrected chi connectivity index (χ2v) is 4.70. The highest BCUT2D eigenvalue weighted by molar-refractivity contribution is 5.73. The number of nitrogens with zero attached hydrogens (tertiary/aromatic N) is 1. The smallest absolute Gasteiger partial charge is 0.310 e. The van der Waals surface area contributed by atoms with Gasteiger partial charge in [-0.1, -0.05) is 0 Å². The maximum atomic E-state index is 11.1. The van der Waals surface area contributed by atoms with E-state index in [2.05, 4.69) is 0 Å². The Labute approximate surface area is 98.5 Å². The van der Waals surface area contributed by atoms with Gasteiger partial charge in [0.15, 0.2) is 0 Å². The summed E-state index contributed by atoms with van der Waals surface area (Å²) in [4.78, 5) is 12.9. The van der Waals surface area contributed by atoms with Crippen molar-refractivity contribution in [2.24, 2.45) is 11.7 Å². The minimum absolute atomic E-state index is 0.374. The Hall–Kier alpha value is -0.730. The lowest BCUT2D eigenvalue weighted by Crippen LogP contribution is -2.53. The van der Waals surface area contributed by atoms with Gasteiger partial charge in [-0.2, -0.15) is 0 Å². The first-order valence-corrected chi connectivity index (χ1v) is 5.73. The van der Waals surface area contributed by atoms with E-state index in [1.54, 1.807) is 4.90 Å². The Morgan fingerprint density at radius 2 is 1.76 bits per heavy atom. The van der Waals surface area contributed by atoms with Crippen molar-refractivity contribution in [1.82, 2.24) is 4.90 Å². The number of carboxylic acid groups (broad SMARTS) is 1. The van der Waals surface area contributed by atoms with Crippen molar-refractivity contribution in [1.29, 1.82) is 0 Å². The van der Waals surface area contributed by atoms with Gasteiger partial charge >= 0.3 is 5.97 Å². The molecule has 6 N–H and O–H groups in total. The molecule has 7 atom stereocenters. The van der Waals surface area contributed by atoms with E-state index in [4.69, 9.17) is 10.8 Å². The molecule has 0 bridgehead atoms. The number of hydrogen-bond donors (Lipinski definition) is 5. The topological polar surface area (TPSA) is 127 Å². The van der Waals surface area contributed by atoms with E-state index >= 15 is 0 Å². The number of nitrogens with two attached hydrogens (primary N) is 1. The zero-order valence-electron chi connectivity index (χ0n) is 9.31. The molecule has 0 aromatic rings. The third-order valence-electron chi connectivity index (χ3n) is 3.72. The highest BCUT2D eigenvalue weighted by Crippen LogP contribution is 2.44. The minimum atomic E-state index is -1.42. The Balaban J connectivity index is 2.12. The fraction of sp³-hybridized carbons (Fsp3) is 0.900. The summed E-state index contributed by atoms with van der Waals surface area (Å²) in [6.07, 6.45) is -3.23. The number of fused-ring (bicyclic) bond motifs is 1. The van der Waals surface area contributed by atoms with Gasteiger partial charge in [0.05, 0.1) is 18.2 Å². The minimum Gasteiger partial charge on any atom is -0.481 e. The van der Waals surface area contributed by atoms with Crippen LogP contribution < -0.4 is 5.73 Å². The number of carbonyl (C=O) groups is 1. The number of aliphatic carboxylic acids is 1. The first-order valence-electron chi connectivity index (χ1n) is 5.73. The Morgan fingerprint density at radius 3 is 2.29 bits per heavy atom. The number of rotatable bonds is 4. The molecule has 7 heteroatoms. The first-order chi connectivity index (χ1) is 8.00. The Morgan fingerprint density at radius 1 is 1.12 bits per heavy atom. The van der Waals surface area contributed by atoms with Crippen LogP contribution in [0.15, 0.2) is 0 Å². The van der Waals surface area contributed by atoms with Gasteiger partial charge in [-0.15, -0.1) is 0 Å². The van der Waals surface area contributed by atoms with Crippen molar-refractivity contribution in [3.63, 3.8) is 0 Å². The molecule has 98 valence electrons. The lowest BCUT2D eigenvalue weighted by atomic mass is 9.83. The maximum absolute atomic E-state index is 11.1.